The summed E-state index contributed by atoms with van der Waals surface area (Å²) in [7, 11) is -1.18. The van der Waals surface area contributed by atoms with E-state index in [1.165, 1.54) is 0 Å². The van der Waals surface area contributed by atoms with E-state index in [-0.39, 0.29) is 30.8 Å². The first kappa shape index (κ1) is 37.5. The molecule has 2 aromatic carbocycles. The number of halogens is 1. The number of aryl methyl sites for hydroxylation is 2. The number of morpholine rings is 1. The van der Waals surface area contributed by atoms with Crippen molar-refractivity contribution >= 4 is 31.4 Å². The maximum Gasteiger partial charge on any atom is 0.258 e. The summed E-state index contributed by atoms with van der Waals surface area (Å²) in [5.41, 5.74) is 6.85. The van der Waals surface area contributed by atoms with E-state index in [1.807, 2.05) is 55.1 Å². The van der Waals surface area contributed by atoms with Crippen molar-refractivity contribution in [1.29, 1.82) is 0 Å². The Hall–Kier alpha value is -4.39. The van der Waals surface area contributed by atoms with Crippen molar-refractivity contribution in [3.8, 4) is 22.3 Å². The third-order valence-electron chi connectivity index (χ3n) is 11.9. The van der Waals surface area contributed by atoms with Crippen LogP contribution in [-0.4, -0.2) is 78.3 Å². The van der Waals surface area contributed by atoms with Gasteiger partial charge in [0.1, 0.15) is 18.6 Å². The van der Waals surface area contributed by atoms with Crippen LogP contribution in [-0.2, 0) is 32.2 Å². The van der Waals surface area contributed by atoms with Gasteiger partial charge in [-0.3, -0.25) is 9.59 Å². The molecule has 1 unspecified atom stereocenters. The molecule has 2 aliphatic heterocycles. The molecule has 2 aliphatic carbocycles. The lowest BCUT2D eigenvalue weighted by Crippen LogP contribution is -2.51. The fourth-order valence-electron chi connectivity index (χ4n) is 8.46. The topological polar surface area (TPSA) is 111 Å². The highest BCUT2D eigenvalue weighted by Gasteiger charge is 2.52. The minimum atomic E-state index is -1.91. The molecule has 8 rings (SSSR count). The third kappa shape index (κ3) is 7.99. The van der Waals surface area contributed by atoms with Crippen LogP contribution >= 0.6 is 0 Å². The molecule has 2 saturated heterocycles. The SMILES string of the molecule is Cc1nn(COCC[Si](C)(C)C)c(C)c1-c1ccc(NC(=O)[C@@H](NC(=O)C2(F)CC2)C2CCCc3ccc(-c4ccnc(N5C[C@H]6C[C@@H]5CO6)c4)cc32)cc1. The Morgan fingerprint density at radius 3 is 2.53 bits per heavy atom. The summed E-state index contributed by atoms with van der Waals surface area (Å²) >= 11 is 0. The number of carbonyl (C=O) groups excluding carboxylic acids is 2. The van der Waals surface area contributed by atoms with Crippen LogP contribution in [0, 0.1) is 13.8 Å². The van der Waals surface area contributed by atoms with E-state index in [4.69, 9.17) is 19.6 Å². The smallest absolute Gasteiger partial charge is 0.258 e. The number of nitrogens with one attached hydrogen (secondary N) is 2. The van der Waals surface area contributed by atoms with E-state index < -0.39 is 25.7 Å². The molecule has 12 heteroatoms. The summed E-state index contributed by atoms with van der Waals surface area (Å²) in [6, 6.07) is 18.8. The Labute approximate surface area is 324 Å². The van der Waals surface area contributed by atoms with Crippen molar-refractivity contribution in [2.45, 2.75) is 115 Å². The van der Waals surface area contributed by atoms with Gasteiger partial charge in [0.2, 0.25) is 5.91 Å². The first-order valence-corrected chi connectivity index (χ1v) is 23.6. The van der Waals surface area contributed by atoms with E-state index in [1.54, 1.807) is 0 Å². The van der Waals surface area contributed by atoms with Gasteiger partial charge in [-0.25, -0.2) is 14.1 Å². The van der Waals surface area contributed by atoms with Crippen molar-refractivity contribution < 1.29 is 23.5 Å². The summed E-state index contributed by atoms with van der Waals surface area (Å²) in [6.07, 6.45) is 5.93. The van der Waals surface area contributed by atoms with E-state index in [2.05, 4.69) is 59.4 Å². The highest BCUT2D eigenvalue weighted by molar-refractivity contribution is 6.76. The molecule has 0 spiro atoms. The third-order valence-corrected chi connectivity index (χ3v) is 13.6. The number of alkyl halides is 1. The van der Waals surface area contributed by atoms with Crippen LogP contribution in [0.15, 0.2) is 60.8 Å². The van der Waals surface area contributed by atoms with Gasteiger partial charge in [0, 0.05) is 50.3 Å². The molecule has 2 aromatic heterocycles. The molecule has 4 aromatic rings. The summed E-state index contributed by atoms with van der Waals surface area (Å²) in [4.78, 5) is 34.6. The Morgan fingerprint density at radius 1 is 1.05 bits per heavy atom. The molecule has 4 aliphatic rings. The lowest BCUT2D eigenvalue weighted by Gasteiger charge is -2.33. The van der Waals surface area contributed by atoms with Crippen molar-refractivity contribution in [3.63, 3.8) is 0 Å². The molecule has 290 valence electrons. The lowest BCUT2D eigenvalue weighted by atomic mass is 9.77. The number of ether oxygens (including phenoxy) is 2. The van der Waals surface area contributed by atoms with Crippen LogP contribution in [0.4, 0.5) is 15.9 Å². The van der Waals surface area contributed by atoms with Gasteiger partial charge in [0.25, 0.3) is 5.91 Å². The number of amides is 2. The van der Waals surface area contributed by atoms with Crippen LogP contribution in [0.1, 0.15) is 60.5 Å². The van der Waals surface area contributed by atoms with Gasteiger partial charge >= 0.3 is 0 Å². The van der Waals surface area contributed by atoms with Crippen LogP contribution in [0.5, 0.6) is 0 Å². The molecule has 4 atom stereocenters. The quantitative estimate of drug-likeness (QED) is 0.107. The van der Waals surface area contributed by atoms with Crippen molar-refractivity contribution in [1.82, 2.24) is 20.1 Å². The molecule has 4 heterocycles. The number of fused-ring (bicyclic) bond motifs is 3. The van der Waals surface area contributed by atoms with Gasteiger partial charge in [-0.15, -0.1) is 0 Å². The molecular formula is C43H53FN6O4Si. The second kappa shape index (κ2) is 14.9. The van der Waals surface area contributed by atoms with Crippen LogP contribution in [0.3, 0.4) is 0 Å². The molecule has 2 bridgehead atoms. The zero-order valence-corrected chi connectivity index (χ0v) is 33.7. The molecule has 55 heavy (non-hydrogen) atoms. The molecular weight excluding hydrogens is 712 g/mol. The largest absolute Gasteiger partial charge is 0.374 e. The van der Waals surface area contributed by atoms with Crippen molar-refractivity contribution in [3.05, 3.63) is 83.3 Å². The molecule has 2 N–H and O–H groups in total. The van der Waals surface area contributed by atoms with Gasteiger partial charge in [0.05, 0.1) is 24.4 Å². The fourth-order valence-corrected chi connectivity index (χ4v) is 9.22. The van der Waals surface area contributed by atoms with E-state index in [9.17, 15) is 9.59 Å². The highest BCUT2D eigenvalue weighted by Crippen LogP contribution is 2.42. The number of hydrogen-bond donors (Lipinski definition) is 2. The number of aromatic nitrogens is 3. The normalized spacial score (nSPS) is 21.6. The molecule has 1 saturated carbocycles. The van der Waals surface area contributed by atoms with Crippen molar-refractivity contribution in [2.75, 3.05) is 30.0 Å². The second-order valence-electron chi connectivity index (χ2n) is 17.2. The first-order chi connectivity index (χ1) is 26.3. The Balaban J connectivity index is 1.02. The maximum absolute atomic E-state index is 15.1. The van der Waals surface area contributed by atoms with Crippen molar-refractivity contribution in [2.24, 2.45) is 0 Å². The zero-order valence-electron chi connectivity index (χ0n) is 32.7. The number of rotatable bonds is 13. The number of hydrogen-bond acceptors (Lipinski definition) is 7. The maximum atomic E-state index is 15.1. The number of benzene rings is 2. The molecule has 2 amide bonds. The average molecular weight is 765 g/mol. The number of pyridine rings is 1. The Bertz CT molecular complexity index is 2080. The molecule has 10 nitrogen and oxygen atoms in total. The standard InChI is InChI=1S/C43H53FN6O4Si/c1-27-39(28(2)50(48-27)26-53-19-20-55(3,4)5)30-11-13-33(14-12-30)46-41(51)40(47-42(52)43(44)16-17-43)36-8-6-7-29-9-10-31(21-37(29)36)32-15-18-45-38(22-32)49-24-35-23-34(49)25-54-35/h9-15,18,21-22,34-36,40H,6-8,16-17,19-20,23-26H2,1-5H3,(H,46,51)(H,47,52)/t34-,35-,36?,40+/m1/s1. The van der Waals surface area contributed by atoms with Gasteiger partial charge in [-0.05, 0) is 110 Å². The Morgan fingerprint density at radius 2 is 1.82 bits per heavy atom. The average Bonchev–Trinajstić information content (AvgIpc) is 3.45. The van der Waals surface area contributed by atoms with Gasteiger partial charge in [0.15, 0.2) is 5.67 Å². The van der Waals surface area contributed by atoms with Gasteiger partial charge in [-0.1, -0.05) is 50.0 Å². The van der Waals surface area contributed by atoms with E-state index >= 15 is 4.39 Å². The second-order valence-corrected chi connectivity index (χ2v) is 22.8. The van der Waals surface area contributed by atoms with E-state index in [0.29, 0.717) is 24.9 Å². The predicted molar refractivity (Wildman–Crippen MR) is 216 cm³/mol. The summed E-state index contributed by atoms with van der Waals surface area (Å²) < 4.78 is 28.8. The van der Waals surface area contributed by atoms with E-state index in [0.717, 1.165) is 95.7 Å². The van der Waals surface area contributed by atoms with Crippen LogP contribution in [0.25, 0.3) is 22.3 Å². The van der Waals surface area contributed by atoms with Gasteiger partial charge in [-0.2, -0.15) is 5.10 Å². The molecule has 0 radical (unpaired) electrons. The summed E-state index contributed by atoms with van der Waals surface area (Å²) in [5, 5.41) is 10.7. The number of carbonyl (C=O) groups is 2. The minimum Gasteiger partial charge on any atom is -0.374 e. The zero-order chi connectivity index (χ0) is 38.5. The Kier molecular flexibility index (Phi) is 10.2. The van der Waals surface area contributed by atoms with Crippen LogP contribution in [0.2, 0.25) is 25.7 Å². The summed E-state index contributed by atoms with van der Waals surface area (Å²) in [6.45, 7) is 13.8. The van der Waals surface area contributed by atoms with Gasteiger partial charge < -0.3 is 25.0 Å². The molecule has 3 fully saturated rings. The summed E-state index contributed by atoms with van der Waals surface area (Å²) in [5.74, 6) is -0.453. The minimum absolute atomic E-state index is 0.176. The number of anilines is 2. The predicted octanol–water partition coefficient (Wildman–Crippen LogP) is 7.56. The highest BCUT2D eigenvalue weighted by atomic mass is 28.3. The van der Waals surface area contributed by atoms with Crippen LogP contribution < -0.4 is 15.5 Å². The number of nitrogens with zero attached hydrogens (tertiary/aromatic N) is 4. The monoisotopic (exact) mass is 764 g/mol. The first-order valence-electron chi connectivity index (χ1n) is 19.9. The fraction of sp³-hybridized carbons (Fsp3) is 0.488. The lowest BCUT2D eigenvalue weighted by molar-refractivity contribution is -0.131.